The van der Waals surface area contributed by atoms with E-state index in [2.05, 4.69) is 20.2 Å². The van der Waals surface area contributed by atoms with E-state index in [4.69, 9.17) is 0 Å². The van der Waals surface area contributed by atoms with Crippen molar-refractivity contribution < 1.29 is 4.39 Å². The van der Waals surface area contributed by atoms with Gasteiger partial charge in [-0.15, -0.1) is 24.8 Å². The predicted molar refractivity (Wildman–Crippen MR) is 138 cm³/mol. The Morgan fingerprint density at radius 1 is 1.03 bits per heavy atom. The quantitative estimate of drug-likeness (QED) is 0.422. The molecule has 2 N–H and O–H groups in total. The SMILES string of the molecule is Cl.Cl.O=c1ccc2ccc(=O)n3c2n1C[C@H]3CN1CCC(NCc2nc3c(F)cccc3[nH]2)CC1. The maximum atomic E-state index is 13.9. The van der Waals surface area contributed by atoms with Gasteiger partial charge in [-0.3, -0.25) is 18.7 Å². The lowest BCUT2D eigenvalue weighted by Gasteiger charge is -2.34. The molecule has 2 aliphatic heterocycles. The summed E-state index contributed by atoms with van der Waals surface area (Å²) in [6.45, 7) is 3.68. The summed E-state index contributed by atoms with van der Waals surface area (Å²) in [6, 6.07) is 12.0. The number of H-pyrrole nitrogens is 1. The number of pyridine rings is 2. The molecular weight excluding hydrogens is 494 g/mol. The minimum absolute atomic E-state index is 0. The van der Waals surface area contributed by atoms with Gasteiger partial charge in [-0.25, -0.2) is 9.37 Å². The van der Waals surface area contributed by atoms with E-state index in [9.17, 15) is 14.0 Å². The minimum atomic E-state index is -0.311. The Balaban J connectivity index is 0.00000144. The normalized spacial score (nSPS) is 18.0. The zero-order valence-electron chi connectivity index (χ0n) is 18.9. The third kappa shape index (κ3) is 4.61. The number of imidazole rings is 1. The van der Waals surface area contributed by atoms with Crippen LogP contribution in [-0.4, -0.2) is 49.7 Å². The van der Waals surface area contributed by atoms with Crippen LogP contribution in [0.4, 0.5) is 4.39 Å². The molecule has 35 heavy (non-hydrogen) atoms. The standard InChI is InChI=1S/C24H25FN6O2.2ClH/c25-18-2-1-3-19-23(18)28-20(27-19)12-26-16-8-10-29(11-9-16)13-17-14-30-21(32)6-4-15-5-7-22(33)31(17)24(15)30;;/h1-7,16-17,26H,8-14H2,(H,27,28);2*1H/t17-;;/m1../s1. The molecule has 4 aromatic rings. The van der Waals surface area contributed by atoms with Crippen molar-refractivity contribution >= 4 is 46.9 Å². The summed E-state index contributed by atoms with van der Waals surface area (Å²) < 4.78 is 17.4. The lowest BCUT2D eigenvalue weighted by atomic mass is 10.0. The second-order valence-corrected chi connectivity index (χ2v) is 9.03. The van der Waals surface area contributed by atoms with Crippen molar-refractivity contribution in [3.05, 3.63) is 74.8 Å². The Bertz CT molecular complexity index is 1470. The molecule has 3 aromatic heterocycles. The van der Waals surface area contributed by atoms with Crippen molar-refractivity contribution in [1.29, 1.82) is 0 Å². The van der Waals surface area contributed by atoms with Crippen molar-refractivity contribution in [3.63, 3.8) is 0 Å². The number of para-hydroxylation sites is 1. The largest absolute Gasteiger partial charge is 0.341 e. The number of aromatic amines is 1. The molecule has 2 aliphatic rings. The number of rotatable bonds is 5. The first-order valence-corrected chi connectivity index (χ1v) is 11.4. The molecule has 11 heteroatoms. The number of nitrogens with one attached hydrogen (secondary N) is 2. The van der Waals surface area contributed by atoms with Gasteiger partial charge in [0.05, 0.1) is 18.1 Å². The first-order valence-electron chi connectivity index (χ1n) is 11.4. The van der Waals surface area contributed by atoms with Gasteiger partial charge in [0.2, 0.25) is 0 Å². The maximum Gasteiger partial charge on any atom is 0.252 e. The van der Waals surface area contributed by atoms with Crippen LogP contribution in [0.2, 0.25) is 0 Å². The lowest BCUT2D eigenvalue weighted by molar-refractivity contribution is 0.171. The van der Waals surface area contributed by atoms with E-state index < -0.39 is 0 Å². The molecule has 0 radical (unpaired) electrons. The molecule has 1 fully saturated rings. The van der Waals surface area contributed by atoms with Gasteiger partial charge in [-0.1, -0.05) is 6.07 Å². The number of aromatic nitrogens is 4. The summed E-state index contributed by atoms with van der Waals surface area (Å²) in [5, 5.41) is 4.46. The molecule has 0 saturated carbocycles. The van der Waals surface area contributed by atoms with Crippen molar-refractivity contribution in [3.8, 4) is 0 Å². The van der Waals surface area contributed by atoms with Crippen molar-refractivity contribution in [1.82, 2.24) is 29.3 Å². The van der Waals surface area contributed by atoms with Crippen LogP contribution in [0.1, 0.15) is 24.7 Å². The first-order chi connectivity index (χ1) is 16.1. The van der Waals surface area contributed by atoms with Crippen LogP contribution in [0.25, 0.3) is 22.1 Å². The Kier molecular flexibility index (Phi) is 7.32. The zero-order valence-corrected chi connectivity index (χ0v) is 20.6. The number of benzene rings is 1. The molecule has 6 rings (SSSR count). The van der Waals surface area contributed by atoms with Crippen LogP contribution in [0.5, 0.6) is 0 Å². The number of piperidine rings is 1. The molecule has 0 aliphatic carbocycles. The number of likely N-dealkylation sites (tertiary alicyclic amines) is 1. The highest BCUT2D eigenvalue weighted by atomic mass is 35.5. The average Bonchev–Trinajstić information content (AvgIpc) is 3.41. The fraction of sp³-hybridized carbons (Fsp3) is 0.375. The summed E-state index contributed by atoms with van der Waals surface area (Å²) in [4.78, 5) is 34.9. The molecule has 186 valence electrons. The summed E-state index contributed by atoms with van der Waals surface area (Å²) in [7, 11) is 0. The average molecular weight is 521 g/mol. The third-order valence-electron chi connectivity index (χ3n) is 6.94. The number of hydrogen-bond acceptors (Lipinski definition) is 5. The predicted octanol–water partition coefficient (Wildman–Crippen LogP) is 2.83. The van der Waals surface area contributed by atoms with Gasteiger partial charge in [0.25, 0.3) is 11.1 Å². The van der Waals surface area contributed by atoms with Gasteiger partial charge in [-0.05, 0) is 50.2 Å². The Hall–Kier alpha value is -2.72. The molecule has 0 spiro atoms. The monoisotopic (exact) mass is 520 g/mol. The van der Waals surface area contributed by atoms with Crippen LogP contribution < -0.4 is 16.4 Å². The molecule has 1 atom stereocenters. The van der Waals surface area contributed by atoms with Crippen molar-refractivity contribution in [2.45, 2.75) is 38.0 Å². The fourth-order valence-electron chi connectivity index (χ4n) is 5.28. The minimum Gasteiger partial charge on any atom is -0.341 e. The van der Waals surface area contributed by atoms with E-state index >= 15 is 0 Å². The maximum absolute atomic E-state index is 13.9. The van der Waals surface area contributed by atoms with Crippen LogP contribution in [0.15, 0.2) is 52.1 Å². The van der Waals surface area contributed by atoms with E-state index in [0.29, 0.717) is 30.2 Å². The lowest BCUT2D eigenvalue weighted by Crippen LogP contribution is -2.44. The van der Waals surface area contributed by atoms with Crippen molar-refractivity contribution in [2.75, 3.05) is 19.6 Å². The van der Waals surface area contributed by atoms with Crippen LogP contribution in [-0.2, 0) is 13.1 Å². The highest BCUT2D eigenvalue weighted by Gasteiger charge is 2.29. The number of halogens is 3. The molecule has 5 heterocycles. The van der Waals surface area contributed by atoms with E-state index in [1.807, 2.05) is 6.07 Å². The molecule has 0 unspecified atom stereocenters. The fourth-order valence-corrected chi connectivity index (χ4v) is 5.28. The summed E-state index contributed by atoms with van der Waals surface area (Å²) in [6.07, 6.45) is 1.96. The summed E-state index contributed by atoms with van der Waals surface area (Å²) in [5.41, 5.74) is 1.72. The Morgan fingerprint density at radius 2 is 1.77 bits per heavy atom. The molecule has 1 aromatic carbocycles. The summed E-state index contributed by atoms with van der Waals surface area (Å²) in [5.74, 6) is 0.425. The molecule has 8 nitrogen and oxygen atoms in total. The van der Waals surface area contributed by atoms with E-state index in [-0.39, 0.29) is 47.8 Å². The number of nitrogens with zero attached hydrogens (tertiary/aromatic N) is 4. The van der Waals surface area contributed by atoms with Crippen LogP contribution >= 0.6 is 24.8 Å². The highest BCUT2D eigenvalue weighted by molar-refractivity contribution is 5.85. The topological polar surface area (TPSA) is 87.9 Å². The van der Waals surface area contributed by atoms with Gasteiger partial charge in [-0.2, -0.15) is 0 Å². The van der Waals surface area contributed by atoms with E-state index in [1.54, 1.807) is 39.5 Å². The zero-order chi connectivity index (χ0) is 22.5. The molecule has 0 amide bonds. The Morgan fingerprint density at radius 3 is 2.51 bits per heavy atom. The molecule has 0 bridgehead atoms. The molecule has 1 saturated heterocycles. The smallest absolute Gasteiger partial charge is 0.252 e. The molecular formula is C24H27Cl2FN6O2. The van der Waals surface area contributed by atoms with Crippen LogP contribution in [0, 0.1) is 5.82 Å². The second kappa shape index (κ2) is 10.1. The van der Waals surface area contributed by atoms with Crippen molar-refractivity contribution in [2.24, 2.45) is 0 Å². The van der Waals surface area contributed by atoms with Gasteiger partial charge in [0, 0.05) is 36.7 Å². The Labute approximate surface area is 213 Å². The number of hydrogen-bond donors (Lipinski definition) is 2. The van der Waals surface area contributed by atoms with Gasteiger partial charge >= 0.3 is 0 Å². The van der Waals surface area contributed by atoms with E-state index in [1.165, 1.54) is 6.07 Å². The van der Waals surface area contributed by atoms with Gasteiger partial charge in [0.1, 0.15) is 17.0 Å². The van der Waals surface area contributed by atoms with Gasteiger partial charge < -0.3 is 15.2 Å². The highest BCUT2D eigenvalue weighted by Crippen LogP contribution is 2.25. The second-order valence-electron chi connectivity index (χ2n) is 9.03. The van der Waals surface area contributed by atoms with Gasteiger partial charge in [0.15, 0.2) is 5.82 Å². The summed E-state index contributed by atoms with van der Waals surface area (Å²) >= 11 is 0. The van der Waals surface area contributed by atoms with Crippen LogP contribution in [0.3, 0.4) is 0 Å². The first kappa shape index (κ1) is 25.4. The number of fused-ring (bicyclic) bond motifs is 1. The third-order valence-corrected chi connectivity index (χ3v) is 6.94. The van der Waals surface area contributed by atoms with E-state index in [0.717, 1.165) is 49.3 Å².